The third kappa shape index (κ3) is 3.73. The number of hydrogen-bond donors (Lipinski definition) is 2. The van der Waals surface area contributed by atoms with Crippen LogP contribution in [0.15, 0.2) is 6.07 Å². The van der Waals surface area contributed by atoms with E-state index in [9.17, 15) is 0 Å². The maximum absolute atomic E-state index is 4.45. The molecule has 0 aliphatic carbocycles. The molecule has 0 fully saturated rings. The molecule has 4 nitrogen and oxygen atoms in total. The first kappa shape index (κ1) is 11.8. The Morgan fingerprint density at radius 1 is 1.13 bits per heavy atom. The Bertz CT molecular complexity index is 299. The maximum atomic E-state index is 4.45. The van der Waals surface area contributed by atoms with Crippen LogP contribution < -0.4 is 10.6 Å². The van der Waals surface area contributed by atoms with Crippen LogP contribution in [0, 0.1) is 0 Å². The lowest BCUT2D eigenvalue weighted by Crippen LogP contribution is -2.07. The summed E-state index contributed by atoms with van der Waals surface area (Å²) in [5.74, 6) is 2.70. The zero-order chi connectivity index (χ0) is 11.1. The van der Waals surface area contributed by atoms with E-state index in [2.05, 4.69) is 34.4 Å². The molecule has 0 aromatic carbocycles. The van der Waals surface area contributed by atoms with Crippen molar-refractivity contribution in [3.8, 4) is 0 Å². The summed E-state index contributed by atoms with van der Waals surface area (Å²) in [5.41, 5.74) is 0. The van der Waals surface area contributed by atoms with Crippen LogP contribution in [0.4, 0.5) is 11.6 Å². The van der Waals surface area contributed by atoms with Crippen LogP contribution in [-0.4, -0.2) is 23.6 Å². The van der Waals surface area contributed by atoms with E-state index >= 15 is 0 Å². The number of hydrogen-bond acceptors (Lipinski definition) is 4. The third-order valence-corrected chi connectivity index (χ3v) is 2.06. The van der Waals surface area contributed by atoms with Crippen molar-refractivity contribution in [3.63, 3.8) is 0 Å². The van der Waals surface area contributed by atoms with Crippen molar-refractivity contribution in [1.82, 2.24) is 9.97 Å². The standard InChI is InChI=1S/C11H20N4/c1-4-6-9-14-10(12-3)8-11(15-9)13-7-5-2/h8H,4-7H2,1-3H3,(H2,12,13,14,15). The van der Waals surface area contributed by atoms with Gasteiger partial charge in [0.15, 0.2) is 0 Å². The predicted molar refractivity (Wildman–Crippen MR) is 64.4 cm³/mol. The summed E-state index contributed by atoms with van der Waals surface area (Å²) < 4.78 is 0. The Kier molecular flexibility index (Phi) is 4.87. The minimum atomic E-state index is 0.882. The molecular formula is C11H20N4. The van der Waals surface area contributed by atoms with E-state index < -0.39 is 0 Å². The highest BCUT2D eigenvalue weighted by Gasteiger charge is 2.02. The van der Waals surface area contributed by atoms with Crippen molar-refractivity contribution < 1.29 is 0 Å². The molecule has 15 heavy (non-hydrogen) atoms. The fourth-order valence-corrected chi connectivity index (χ4v) is 1.30. The lowest BCUT2D eigenvalue weighted by Gasteiger charge is -2.08. The average molecular weight is 208 g/mol. The summed E-state index contributed by atoms with van der Waals surface area (Å²) in [6.07, 6.45) is 3.10. The minimum absolute atomic E-state index is 0.882. The molecule has 84 valence electrons. The van der Waals surface area contributed by atoms with Crippen molar-refractivity contribution in [2.45, 2.75) is 33.1 Å². The van der Waals surface area contributed by atoms with E-state index in [0.717, 1.165) is 43.3 Å². The first-order valence-electron chi connectivity index (χ1n) is 5.59. The van der Waals surface area contributed by atoms with Gasteiger partial charge in [-0.2, -0.15) is 0 Å². The summed E-state index contributed by atoms with van der Waals surface area (Å²) in [4.78, 5) is 8.83. The third-order valence-electron chi connectivity index (χ3n) is 2.06. The van der Waals surface area contributed by atoms with E-state index in [4.69, 9.17) is 0 Å². The highest BCUT2D eigenvalue weighted by Crippen LogP contribution is 2.11. The van der Waals surface area contributed by atoms with Crippen molar-refractivity contribution in [2.75, 3.05) is 24.2 Å². The molecule has 1 aromatic heterocycles. The first-order chi connectivity index (χ1) is 7.30. The molecule has 0 spiro atoms. The van der Waals surface area contributed by atoms with Gasteiger partial charge in [-0.1, -0.05) is 13.8 Å². The largest absolute Gasteiger partial charge is 0.373 e. The second-order valence-corrected chi connectivity index (χ2v) is 3.48. The van der Waals surface area contributed by atoms with Crippen LogP contribution in [0.3, 0.4) is 0 Å². The predicted octanol–water partition coefficient (Wildman–Crippen LogP) is 2.29. The molecule has 0 atom stereocenters. The zero-order valence-electron chi connectivity index (χ0n) is 9.80. The van der Waals surface area contributed by atoms with Gasteiger partial charge in [-0.3, -0.25) is 0 Å². The van der Waals surface area contributed by atoms with Crippen LogP contribution in [0.5, 0.6) is 0 Å². The second-order valence-electron chi connectivity index (χ2n) is 3.48. The lowest BCUT2D eigenvalue weighted by atomic mass is 10.3. The van der Waals surface area contributed by atoms with Crippen LogP contribution >= 0.6 is 0 Å². The van der Waals surface area contributed by atoms with Gasteiger partial charge in [-0.25, -0.2) is 9.97 Å². The van der Waals surface area contributed by atoms with Crippen LogP contribution in [0.25, 0.3) is 0 Å². The molecule has 1 heterocycles. The van der Waals surface area contributed by atoms with Gasteiger partial charge in [0.05, 0.1) is 0 Å². The highest BCUT2D eigenvalue weighted by molar-refractivity contribution is 5.47. The van der Waals surface area contributed by atoms with E-state index in [1.807, 2.05) is 13.1 Å². The Morgan fingerprint density at radius 3 is 2.47 bits per heavy atom. The quantitative estimate of drug-likeness (QED) is 0.753. The monoisotopic (exact) mass is 208 g/mol. The number of aromatic nitrogens is 2. The number of rotatable bonds is 6. The van der Waals surface area contributed by atoms with Crippen molar-refractivity contribution >= 4 is 11.6 Å². The van der Waals surface area contributed by atoms with Gasteiger partial charge in [0, 0.05) is 26.1 Å². The molecule has 1 aromatic rings. The van der Waals surface area contributed by atoms with Crippen LogP contribution in [-0.2, 0) is 6.42 Å². The smallest absolute Gasteiger partial charge is 0.133 e. The van der Waals surface area contributed by atoms with Crippen LogP contribution in [0.2, 0.25) is 0 Å². The molecule has 0 amide bonds. The first-order valence-corrected chi connectivity index (χ1v) is 5.59. The van der Waals surface area contributed by atoms with Crippen LogP contribution in [0.1, 0.15) is 32.5 Å². The van der Waals surface area contributed by atoms with Gasteiger partial charge in [-0.05, 0) is 12.8 Å². The Hall–Kier alpha value is -1.32. The zero-order valence-corrected chi connectivity index (χ0v) is 9.80. The molecule has 4 heteroatoms. The molecule has 0 saturated heterocycles. The lowest BCUT2D eigenvalue weighted by molar-refractivity contribution is 0.833. The number of nitrogens with zero attached hydrogens (tertiary/aromatic N) is 2. The van der Waals surface area contributed by atoms with E-state index in [1.54, 1.807) is 0 Å². The maximum Gasteiger partial charge on any atom is 0.133 e. The Morgan fingerprint density at radius 2 is 1.87 bits per heavy atom. The minimum Gasteiger partial charge on any atom is -0.373 e. The van der Waals surface area contributed by atoms with Gasteiger partial charge in [0.2, 0.25) is 0 Å². The fourth-order valence-electron chi connectivity index (χ4n) is 1.30. The summed E-state index contributed by atoms with van der Waals surface area (Å²) in [6.45, 7) is 5.22. The van der Waals surface area contributed by atoms with E-state index in [0.29, 0.717) is 0 Å². The molecule has 0 saturated carbocycles. The molecule has 0 radical (unpaired) electrons. The molecule has 2 N–H and O–H groups in total. The van der Waals surface area contributed by atoms with E-state index in [-0.39, 0.29) is 0 Å². The van der Waals surface area contributed by atoms with Crippen molar-refractivity contribution in [3.05, 3.63) is 11.9 Å². The summed E-state index contributed by atoms with van der Waals surface area (Å²) >= 11 is 0. The number of nitrogens with one attached hydrogen (secondary N) is 2. The van der Waals surface area contributed by atoms with E-state index in [1.165, 1.54) is 0 Å². The Labute approximate surface area is 91.5 Å². The summed E-state index contributed by atoms with van der Waals surface area (Å²) in [7, 11) is 1.88. The van der Waals surface area contributed by atoms with Gasteiger partial charge in [0.1, 0.15) is 17.5 Å². The number of aryl methyl sites for hydroxylation is 1. The van der Waals surface area contributed by atoms with Crippen molar-refractivity contribution in [2.24, 2.45) is 0 Å². The second kappa shape index (κ2) is 6.22. The normalized spacial score (nSPS) is 10.1. The SMILES string of the molecule is CCCNc1cc(NC)nc(CCC)n1. The summed E-state index contributed by atoms with van der Waals surface area (Å²) in [6, 6.07) is 1.94. The molecular weight excluding hydrogens is 188 g/mol. The highest BCUT2D eigenvalue weighted by atomic mass is 15.1. The topological polar surface area (TPSA) is 49.8 Å². The average Bonchev–Trinajstić information content (AvgIpc) is 2.26. The molecule has 0 aliphatic rings. The molecule has 1 rings (SSSR count). The van der Waals surface area contributed by atoms with Gasteiger partial charge in [0.25, 0.3) is 0 Å². The fraction of sp³-hybridized carbons (Fsp3) is 0.636. The van der Waals surface area contributed by atoms with Crippen molar-refractivity contribution in [1.29, 1.82) is 0 Å². The molecule has 0 aliphatic heterocycles. The molecule has 0 unspecified atom stereocenters. The Balaban J connectivity index is 2.79. The van der Waals surface area contributed by atoms with Gasteiger partial charge < -0.3 is 10.6 Å². The molecule has 0 bridgehead atoms. The van der Waals surface area contributed by atoms with Gasteiger partial charge in [-0.15, -0.1) is 0 Å². The number of anilines is 2. The van der Waals surface area contributed by atoms with Gasteiger partial charge >= 0.3 is 0 Å². The summed E-state index contributed by atoms with van der Waals surface area (Å²) in [5, 5.41) is 6.33.